The molecule has 1 aliphatic heterocycles. The SMILES string of the molecule is Cc1cc(C)c(C(O)C2COc3ccccc32)c(C)c1. The number of fused-ring (bicyclic) bond motifs is 1. The van der Waals surface area contributed by atoms with Crippen molar-refractivity contribution in [1.82, 2.24) is 0 Å². The van der Waals surface area contributed by atoms with Crippen molar-refractivity contribution in [3.63, 3.8) is 0 Å². The summed E-state index contributed by atoms with van der Waals surface area (Å²) in [6, 6.07) is 12.3. The third-order valence-corrected chi connectivity index (χ3v) is 4.15. The van der Waals surface area contributed by atoms with Gasteiger partial charge in [-0.1, -0.05) is 35.9 Å². The van der Waals surface area contributed by atoms with Crippen molar-refractivity contribution in [1.29, 1.82) is 0 Å². The van der Waals surface area contributed by atoms with Gasteiger partial charge >= 0.3 is 0 Å². The quantitative estimate of drug-likeness (QED) is 0.897. The van der Waals surface area contributed by atoms with Gasteiger partial charge in [0.1, 0.15) is 5.75 Å². The number of hydrogen-bond donors (Lipinski definition) is 1. The first-order valence-corrected chi connectivity index (χ1v) is 7.05. The second kappa shape index (κ2) is 4.95. The minimum atomic E-state index is -0.515. The van der Waals surface area contributed by atoms with Crippen molar-refractivity contribution in [2.24, 2.45) is 0 Å². The number of ether oxygens (including phenoxy) is 1. The summed E-state index contributed by atoms with van der Waals surface area (Å²) < 4.78 is 5.70. The Morgan fingerprint density at radius 2 is 1.75 bits per heavy atom. The molecule has 104 valence electrons. The van der Waals surface area contributed by atoms with Crippen molar-refractivity contribution >= 4 is 0 Å². The highest BCUT2D eigenvalue weighted by atomic mass is 16.5. The van der Waals surface area contributed by atoms with Crippen molar-refractivity contribution in [3.05, 3.63) is 64.2 Å². The fraction of sp³-hybridized carbons (Fsp3) is 0.333. The van der Waals surface area contributed by atoms with Crippen LogP contribution in [-0.2, 0) is 0 Å². The van der Waals surface area contributed by atoms with Gasteiger partial charge in [0.25, 0.3) is 0 Å². The zero-order chi connectivity index (χ0) is 14.3. The first-order chi connectivity index (χ1) is 9.58. The summed E-state index contributed by atoms with van der Waals surface area (Å²) in [5.74, 6) is 0.922. The molecular weight excluding hydrogens is 248 g/mol. The Labute approximate surface area is 120 Å². The van der Waals surface area contributed by atoms with Crippen LogP contribution in [0.15, 0.2) is 36.4 Å². The smallest absolute Gasteiger partial charge is 0.123 e. The van der Waals surface area contributed by atoms with Crippen molar-refractivity contribution < 1.29 is 9.84 Å². The molecular formula is C18H20O2. The van der Waals surface area contributed by atoms with Gasteiger partial charge in [0.05, 0.1) is 18.6 Å². The molecule has 0 bridgehead atoms. The number of para-hydroxylation sites is 1. The third-order valence-electron chi connectivity index (χ3n) is 4.15. The van der Waals surface area contributed by atoms with Gasteiger partial charge in [-0.2, -0.15) is 0 Å². The minimum Gasteiger partial charge on any atom is -0.493 e. The lowest BCUT2D eigenvalue weighted by Gasteiger charge is -2.22. The van der Waals surface area contributed by atoms with E-state index in [1.807, 2.05) is 18.2 Å². The highest BCUT2D eigenvalue weighted by Crippen LogP contribution is 2.42. The van der Waals surface area contributed by atoms with Crippen LogP contribution in [0, 0.1) is 20.8 Å². The van der Waals surface area contributed by atoms with E-state index < -0.39 is 6.10 Å². The van der Waals surface area contributed by atoms with E-state index in [0.29, 0.717) is 6.61 Å². The molecule has 20 heavy (non-hydrogen) atoms. The molecule has 2 aromatic rings. The molecule has 1 heterocycles. The fourth-order valence-electron chi connectivity index (χ4n) is 3.31. The maximum Gasteiger partial charge on any atom is 0.123 e. The Balaban J connectivity index is 2.01. The van der Waals surface area contributed by atoms with E-state index in [9.17, 15) is 5.11 Å². The van der Waals surface area contributed by atoms with E-state index in [1.165, 1.54) is 5.56 Å². The molecule has 1 N–H and O–H groups in total. The van der Waals surface area contributed by atoms with E-state index in [1.54, 1.807) is 0 Å². The number of aryl methyl sites for hydroxylation is 3. The van der Waals surface area contributed by atoms with Crippen LogP contribution < -0.4 is 4.74 Å². The standard InChI is InChI=1S/C18H20O2/c1-11-8-12(2)17(13(3)9-11)18(19)15-10-20-16-7-5-4-6-14(15)16/h4-9,15,18-19H,10H2,1-3H3. The summed E-state index contributed by atoms with van der Waals surface area (Å²) in [5.41, 5.74) is 5.69. The predicted octanol–water partition coefficient (Wildman–Crippen LogP) is 3.82. The van der Waals surface area contributed by atoms with E-state index in [0.717, 1.165) is 28.0 Å². The average molecular weight is 268 g/mol. The lowest BCUT2D eigenvalue weighted by Crippen LogP contribution is -2.15. The monoisotopic (exact) mass is 268 g/mol. The second-order valence-corrected chi connectivity index (χ2v) is 5.71. The van der Waals surface area contributed by atoms with E-state index >= 15 is 0 Å². The molecule has 0 aliphatic carbocycles. The normalized spacial score (nSPS) is 18.5. The summed E-state index contributed by atoms with van der Waals surface area (Å²) in [4.78, 5) is 0. The highest BCUT2D eigenvalue weighted by molar-refractivity contribution is 5.45. The van der Waals surface area contributed by atoms with Gasteiger partial charge in [0, 0.05) is 5.56 Å². The van der Waals surface area contributed by atoms with Gasteiger partial charge in [-0.05, 0) is 43.5 Å². The number of rotatable bonds is 2. The molecule has 3 rings (SSSR count). The zero-order valence-electron chi connectivity index (χ0n) is 12.2. The first-order valence-electron chi connectivity index (χ1n) is 7.05. The zero-order valence-corrected chi connectivity index (χ0v) is 12.2. The van der Waals surface area contributed by atoms with Crippen molar-refractivity contribution in [2.45, 2.75) is 32.8 Å². The molecule has 1 aliphatic rings. The predicted molar refractivity (Wildman–Crippen MR) is 80.3 cm³/mol. The van der Waals surface area contributed by atoms with Gasteiger partial charge in [-0.15, -0.1) is 0 Å². The molecule has 0 radical (unpaired) electrons. The van der Waals surface area contributed by atoms with Crippen LogP contribution in [0.4, 0.5) is 0 Å². The van der Waals surface area contributed by atoms with Gasteiger partial charge in [-0.3, -0.25) is 0 Å². The lowest BCUT2D eigenvalue weighted by atomic mass is 9.86. The minimum absolute atomic E-state index is 0.0197. The largest absolute Gasteiger partial charge is 0.493 e. The summed E-state index contributed by atoms with van der Waals surface area (Å²) in [6.45, 7) is 6.78. The fourth-order valence-corrected chi connectivity index (χ4v) is 3.31. The van der Waals surface area contributed by atoms with E-state index in [-0.39, 0.29) is 5.92 Å². The Hall–Kier alpha value is -1.80. The van der Waals surface area contributed by atoms with Gasteiger partial charge in [0.2, 0.25) is 0 Å². The maximum absolute atomic E-state index is 10.8. The summed E-state index contributed by atoms with van der Waals surface area (Å²) in [5, 5.41) is 10.8. The number of aliphatic hydroxyl groups is 1. The van der Waals surface area contributed by atoms with Crippen LogP contribution in [-0.4, -0.2) is 11.7 Å². The Bertz CT molecular complexity index is 623. The Morgan fingerprint density at radius 3 is 2.45 bits per heavy atom. The molecule has 2 atom stereocenters. The van der Waals surface area contributed by atoms with Crippen LogP contribution in [0.1, 0.15) is 39.8 Å². The van der Waals surface area contributed by atoms with Crippen molar-refractivity contribution in [3.8, 4) is 5.75 Å². The highest BCUT2D eigenvalue weighted by Gasteiger charge is 2.32. The second-order valence-electron chi connectivity index (χ2n) is 5.71. The molecule has 2 unspecified atom stereocenters. The molecule has 2 aromatic carbocycles. The van der Waals surface area contributed by atoms with Crippen LogP contribution in [0.2, 0.25) is 0 Å². The molecule has 0 saturated heterocycles. The third kappa shape index (κ3) is 2.10. The van der Waals surface area contributed by atoms with Crippen LogP contribution in [0.3, 0.4) is 0 Å². The maximum atomic E-state index is 10.8. The van der Waals surface area contributed by atoms with E-state index in [2.05, 4.69) is 39.0 Å². The number of aliphatic hydroxyl groups excluding tert-OH is 1. The lowest BCUT2D eigenvalue weighted by molar-refractivity contribution is 0.129. The summed E-state index contributed by atoms with van der Waals surface area (Å²) in [6.07, 6.45) is -0.515. The van der Waals surface area contributed by atoms with Crippen LogP contribution >= 0.6 is 0 Å². The summed E-state index contributed by atoms with van der Waals surface area (Å²) >= 11 is 0. The molecule has 0 fully saturated rings. The van der Waals surface area contributed by atoms with E-state index in [4.69, 9.17) is 4.74 Å². The molecule has 2 nitrogen and oxygen atoms in total. The van der Waals surface area contributed by atoms with Crippen LogP contribution in [0.5, 0.6) is 5.75 Å². The van der Waals surface area contributed by atoms with Crippen molar-refractivity contribution in [2.75, 3.05) is 6.61 Å². The molecule has 0 saturated carbocycles. The Morgan fingerprint density at radius 1 is 1.10 bits per heavy atom. The molecule has 0 aromatic heterocycles. The molecule has 0 spiro atoms. The van der Waals surface area contributed by atoms with Gasteiger partial charge in [0.15, 0.2) is 0 Å². The molecule has 2 heteroatoms. The number of hydrogen-bond acceptors (Lipinski definition) is 2. The molecule has 0 amide bonds. The average Bonchev–Trinajstić information content (AvgIpc) is 2.81. The van der Waals surface area contributed by atoms with Crippen LogP contribution in [0.25, 0.3) is 0 Å². The summed E-state index contributed by atoms with van der Waals surface area (Å²) in [7, 11) is 0. The van der Waals surface area contributed by atoms with Gasteiger partial charge in [-0.25, -0.2) is 0 Å². The Kier molecular flexibility index (Phi) is 3.27. The first kappa shape index (κ1) is 13.2. The van der Waals surface area contributed by atoms with Gasteiger partial charge < -0.3 is 9.84 Å². The topological polar surface area (TPSA) is 29.5 Å². The number of benzene rings is 2.